The normalized spacial score (nSPS) is 10.6. The number of rotatable bonds is 4. The van der Waals surface area contributed by atoms with Crippen LogP contribution in [0.25, 0.3) is 0 Å². The molecule has 0 unspecified atom stereocenters. The van der Waals surface area contributed by atoms with Crippen LogP contribution in [0.1, 0.15) is 16.7 Å². The molecule has 0 amide bonds. The van der Waals surface area contributed by atoms with Gasteiger partial charge in [-0.05, 0) is 48.7 Å². The van der Waals surface area contributed by atoms with E-state index in [1.165, 1.54) is 23.3 Å². The predicted octanol–water partition coefficient (Wildman–Crippen LogP) is 1.76. The lowest BCUT2D eigenvalue weighted by Crippen LogP contribution is -2.33. The van der Waals surface area contributed by atoms with Crippen LogP contribution in [0, 0.1) is 19.7 Å². The standard InChI is InChI=1S/C16H19BFNO2/c1-11-6-12(2)8-14(7-11)19(3)10-13-4-5-16(18)15(9-13)17(20)21/h4-9,20-21H,10H2,1-3H3. The van der Waals surface area contributed by atoms with Crippen molar-refractivity contribution in [1.29, 1.82) is 0 Å². The van der Waals surface area contributed by atoms with Crippen LogP contribution in [0.2, 0.25) is 0 Å². The highest BCUT2D eigenvalue weighted by atomic mass is 19.1. The van der Waals surface area contributed by atoms with Gasteiger partial charge in [-0.1, -0.05) is 18.2 Å². The van der Waals surface area contributed by atoms with Gasteiger partial charge in [0.05, 0.1) is 0 Å². The first-order valence-electron chi connectivity index (χ1n) is 6.80. The third kappa shape index (κ3) is 3.83. The first kappa shape index (κ1) is 15.5. The van der Waals surface area contributed by atoms with E-state index in [9.17, 15) is 4.39 Å². The second-order valence-electron chi connectivity index (χ2n) is 5.43. The Morgan fingerprint density at radius 1 is 1.05 bits per heavy atom. The van der Waals surface area contributed by atoms with Gasteiger partial charge in [0.2, 0.25) is 0 Å². The van der Waals surface area contributed by atoms with E-state index in [1.54, 1.807) is 6.07 Å². The third-order valence-electron chi connectivity index (χ3n) is 3.41. The molecule has 2 N–H and O–H groups in total. The summed E-state index contributed by atoms with van der Waals surface area (Å²) in [7, 11) is 0.156. The second-order valence-corrected chi connectivity index (χ2v) is 5.43. The first-order valence-corrected chi connectivity index (χ1v) is 6.80. The van der Waals surface area contributed by atoms with Gasteiger partial charge < -0.3 is 14.9 Å². The van der Waals surface area contributed by atoms with Crippen molar-refractivity contribution < 1.29 is 14.4 Å². The van der Waals surface area contributed by atoms with Crippen LogP contribution in [-0.4, -0.2) is 24.2 Å². The lowest BCUT2D eigenvalue weighted by atomic mass is 9.79. The Morgan fingerprint density at radius 3 is 2.24 bits per heavy atom. The van der Waals surface area contributed by atoms with E-state index in [2.05, 4.69) is 18.2 Å². The number of halogens is 1. The van der Waals surface area contributed by atoms with Gasteiger partial charge >= 0.3 is 7.12 Å². The van der Waals surface area contributed by atoms with Gasteiger partial charge in [-0.15, -0.1) is 0 Å². The van der Waals surface area contributed by atoms with E-state index in [4.69, 9.17) is 10.0 Å². The van der Waals surface area contributed by atoms with Crippen molar-refractivity contribution in [3.8, 4) is 0 Å². The fraction of sp³-hybridized carbons (Fsp3) is 0.250. The van der Waals surface area contributed by atoms with Crippen LogP contribution in [-0.2, 0) is 6.54 Å². The van der Waals surface area contributed by atoms with Crippen molar-refractivity contribution in [2.24, 2.45) is 0 Å². The molecule has 0 spiro atoms. The highest BCUT2D eigenvalue weighted by Gasteiger charge is 2.17. The molecule has 0 saturated heterocycles. The van der Waals surface area contributed by atoms with Crippen molar-refractivity contribution >= 4 is 18.3 Å². The fourth-order valence-electron chi connectivity index (χ4n) is 2.43. The lowest BCUT2D eigenvalue weighted by molar-refractivity contribution is 0.423. The zero-order chi connectivity index (χ0) is 15.6. The first-order chi connectivity index (χ1) is 9.86. The van der Waals surface area contributed by atoms with E-state index < -0.39 is 12.9 Å². The molecule has 2 aromatic rings. The van der Waals surface area contributed by atoms with E-state index >= 15 is 0 Å². The molecule has 0 radical (unpaired) electrons. The smallest absolute Gasteiger partial charge is 0.423 e. The van der Waals surface area contributed by atoms with Crippen LogP contribution in [0.5, 0.6) is 0 Å². The molecule has 0 fully saturated rings. The summed E-state index contributed by atoms with van der Waals surface area (Å²) in [6.45, 7) is 4.65. The van der Waals surface area contributed by atoms with Gasteiger partial charge in [-0.25, -0.2) is 4.39 Å². The largest absolute Gasteiger partial charge is 0.491 e. The zero-order valence-corrected chi connectivity index (χ0v) is 12.5. The van der Waals surface area contributed by atoms with E-state index in [0.717, 1.165) is 11.3 Å². The molecular formula is C16H19BFNO2. The molecule has 3 nitrogen and oxygen atoms in total. The molecule has 0 aliphatic heterocycles. The Balaban J connectivity index is 2.23. The summed E-state index contributed by atoms with van der Waals surface area (Å²) in [5, 5.41) is 18.3. The summed E-state index contributed by atoms with van der Waals surface area (Å²) in [4.78, 5) is 2.04. The van der Waals surface area contributed by atoms with Crippen LogP contribution >= 0.6 is 0 Å². The summed E-state index contributed by atoms with van der Waals surface area (Å²) in [5.41, 5.74) is 4.16. The van der Waals surface area contributed by atoms with Crippen molar-refractivity contribution in [3.63, 3.8) is 0 Å². The molecule has 0 atom stereocenters. The number of anilines is 1. The SMILES string of the molecule is Cc1cc(C)cc(N(C)Cc2ccc(F)c(B(O)O)c2)c1. The van der Waals surface area contributed by atoms with Gasteiger partial charge in [-0.3, -0.25) is 0 Å². The van der Waals surface area contributed by atoms with E-state index in [-0.39, 0.29) is 5.46 Å². The van der Waals surface area contributed by atoms with Crippen molar-refractivity contribution in [1.82, 2.24) is 0 Å². The van der Waals surface area contributed by atoms with Gasteiger partial charge in [0, 0.05) is 24.7 Å². The molecule has 0 heterocycles. The molecule has 21 heavy (non-hydrogen) atoms. The highest BCUT2D eigenvalue weighted by molar-refractivity contribution is 6.58. The lowest BCUT2D eigenvalue weighted by Gasteiger charge is -2.21. The molecule has 110 valence electrons. The van der Waals surface area contributed by atoms with Crippen molar-refractivity contribution in [2.45, 2.75) is 20.4 Å². The van der Waals surface area contributed by atoms with Crippen LogP contribution in [0.4, 0.5) is 10.1 Å². The minimum absolute atomic E-state index is 0.0960. The third-order valence-corrected chi connectivity index (χ3v) is 3.41. The highest BCUT2D eigenvalue weighted by Crippen LogP contribution is 2.19. The quantitative estimate of drug-likeness (QED) is 0.842. The predicted molar refractivity (Wildman–Crippen MR) is 84.2 cm³/mol. The molecule has 0 aliphatic rings. The molecule has 2 aromatic carbocycles. The zero-order valence-electron chi connectivity index (χ0n) is 12.5. The van der Waals surface area contributed by atoms with Crippen molar-refractivity contribution in [2.75, 3.05) is 11.9 Å². The number of hydrogen-bond donors (Lipinski definition) is 2. The van der Waals surface area contributed by atoms with Crippen LogP contribution < -0.4 is 10.4 Å². The maximum atomic E-state index is 13.5. The number of nitrogens with zero attached hydrogens (tertiary/aromatic N) is 1. The summed E-state index contributed by atoms with van der Waals surface area (Å²) >= 11 is 0. The van der Waals surface area contributed by atoms with Gasteiger partial charge in [0.15, 0.2) is 0 Å². The van der Waals surface area contributed by atoms with Crippen LogP contribution in [0.15, 0.2) is 36.4 Å². The van der Waals surface area contributed by atoms with Crippen molar-refractivity contribution in [3.05, 3.63) is 58.9 Å². The number of aryl methyl sites for hydroxylation is 2. The summed E-state index contributed by atoms with van der Waals surface area (Å²) < 4.78 is 13.5. The monoisotopic (exact) mass is 287 g/mol. The number of benzene rings is 2. The summed E-state index contributed by atoms with van der Waals surface area (Å²) in [5.74, 6) is -0.609. The maximum Gasteiger partial charge on any atom is 0.491 e. The fourth-order valence-corrected chi connectivity index (χ4v) is 2.43. The molecule has 0 saturated carbocycles. The minimum Gasteiger partial charge on any atom is -0.423 e. The molecule has 0 aliphatic carbocycles. The van der Waals surface area contributed by atoms with E-state index in [1.807, 2.05) is 25.8 Å². The Bertz CT molecular complexity index is 626. The molecule has 0 aromatic heterocycles. The Labute approximate surface area is 124 Å². The average Bonchev–Trinajstić information content (AvgIpc) is 2.39. The van der Waals surface area contributed by atoms with Gasteiger partial charge in [-0.2, -0.15) is 0 Å². The molecule has 0 bridgehead atoms. The second kappa shape index (κ2) is 6.29. The average molecular weight is 287 g/mol. The topological polar surface area (TPSA) is 43.7 Å². The van der Waals surface area contributed by atoms with Crippen LogP contribution in [0.3, 0.4) is 0 Å². The maximum absolute atomic E-state index is 13.5. The van der Waals surface area contributed by atoms with Gasteiger partial charge in [0.1, 0.15) is 5.82 Å². The summed E-state index contributed by atoms with van der Waals surface area (Å²) in [6.07, 6.45) is 0. The molecule has 5 heteroatoms. The Hall–Kier alpha value is -1.85. The van der Waals surface area contributed by atoms with Gasteiger partial charge in [0.25, 0.3) is 0 Å². The number of hydrogen-bond acceptors (Lipinski definition) is 3. The molecular weight excluding hydrogens is 268 g/mol. The Kier molecular flexibility index (Phi) is 4.65. The van der Waals surface area contributed by atoms with E-state index in [0.29, 0.717) is 6.54 Å². The Morgan fingerprint density at radius 2 is 1.67 bits per heavy atom. The molecule has 2 rings (SSSR count). The summed E-state index contributed by atoms with van der Waals surface area (Å²) in [6, 6.07) is 10.7. The minimum atomic E-state index is -1.79.